The van der Waals surface area contributed by atoms with Crippen LogP contribution >= 0.6 is 0 Å². The van der Waals surface area contributed by atoms with Gasteiger partial charge in [0, 0.05) is 25.3 Å². The van der Waals surface area contributed by atoms with Gasteiger partial charge in [0.15, 0.2) is 5.65 Å². The molecule has 1 N–H and O–H groups in total. The van der Waals surface area contributed by atoms with Gasteiger partial charge in [-0.25, -0.2) is 9.97 Å². The molecule has 2 fully saturated rings. The summed E-state index contributed by atoms with van der Waals surface area (Å²) in [5.41, 5.74) is 2.06. The molecule has 0 spiro atoms. The van der Waals surface area contributed by atoms with Crippen molar-refractivity contribution in [1.29, 1.82) is 0 Å². The van der Waals surface area contributed by atoms with Crippen LogP contribution in [0.25, 0.3) is 11.2 Å². The van der Waals surface area contributed by atoms with E-state index in [1.807, 2.05) is 12.3 Å². The molecule has 2 aromatic heterocycles. The van der Waals surface area contributed by atoms with Crippen LogP contribution < -0.4 is 5.32 Å². The van der Waals surface area contributed by atoms with E-state index in [4.69, 9.17) is 9.72 Å². The maximum absolute atomic E-state index is 5.93. The lowest BCUT2D eigenvalue weighted by molar-refractivity contribution is 0.0150. The zero-order chi connectivity index (χ0) is 14.8. The van der Waals surface area contributed by atoms with Gasteiger partial charge < -0.3 is 14.6 Å². The van der Waals surface area contributed by atoms with Crippen molar-refractivity contribution in [3.63, 3.8) is 0 Å². The van der Waals surface area contributed by atoms with Crippen LogP contribution in [0, 0.1) is 0 Å². The third kappa shape index (κ3) is 2.75. The zero-order valence-corrected chi connectivity index (χ0v) is 13.0. The molecule has 0 amide bonds. The van der Waals surface area contributed by atoms with E-state index < -0.39 is 0 Å². The Labute approximate surface area is 131 Å². The van der Waals surface area contributed by atoms with Gasteiger partial charge in [0.1, 0.15) is 11.3 Å². The minimum Gasteiger partial charge on any atom is -0.378 e. The van der Waals surface area contributed by atoms with E-state index in [9.17, 15) is 0 Å². The predicted molar refractivity (Wildman–Crippen MR) is 86.0 cm³/mol. The lowest BCUT2D eigenvalue weighted by Crippen LogP contribution is -2.31. The van der Waals surface area contributed by atoms with Crippen LogP contribution in [0.3, 0.4) is 0 Å². The van der Waals surface area contributed by atoms with E-state index in [1.165, 1.54) is 12.8 Å². The highest BCUT2D eigenvalue weighted by Gasteiger charge is 2.24. The van der Waals surface area contributed by atoms with Gasteiger partial charge in [0.05, 0.1) is 6.10 Å². The Bertz CT molecular complexity index is 627. The van der Waals surface area contributed by atoms with Gasteiger partial charge in [-0.05, 0) is 57.3 Å². The van der Waals surface area contributed by atoms with E-state index in [0.29, 0.717) is 12.1 Å². The van der Waals surface area contributed by atoms with Crippen molar-refractivity contribution in [2.75, 3.05) is 19.7 Å². The Morgan fingerprint density at radius 3 is 2.95 bits per heavy atom. The summed E-state index contributed by atoms with van der Waals surface area (Å²) in [4.78, 5) is 9.49. The van der Waals surface area contributed by atoms with Gasteiger partial charge in [-0.1, -0.05) is 0 Å². The van der Waals surface area contributed by atoms with Gasteiger partial charge in [-0.3, -0.25) is 0 Å². The van der Waals surface area contributed by atoms with Gasteiger partial charge >= 0.3 is 0 Å². The van der Waals surface area contributed by atoms with E-state index in [2.05, 4.69) is 20.9 Å². The number of piperidine rings is 1. The number of nitrogens with one attached hydrogen (secondary N) is 1. The van der Waals surface area contributed by atoms with Crippen molar-refractivity contribution in [3.05, 3.63) is 24.2 Å². The summed E-state index contributed by atoms with van der Waals surface area (Å²) in [6, 6.07) is 4.56. The predicted octanol–water partition coefficient (Wildman–Crippen LogP) is 2.47. The minimum absolute atomic E-state index is 0.325. The Morgan fingerprint density at radius 2 is 2.14 bits per heavy atom. The number of hydrogen-bond donors (Lipinski definition) is 1. The lowest BCUT2D eigenvalue weighted by atomic mass is 10.0. The Hall–Kier alpha value is -1.46. The topological polar surface area (TPSA) is 52.0 Å². The first-order valence-electron chi connectivity index (χ1n) is 8.56. The average molecular weight is 300 g/mol. The molecule has 4 heterocycles. The zero-order valence-electron chi connectivity index (χ0n) is 13.0. The summed E-state index contributed by atoms with van der Waals surface area (Å²) in [5.74, 6) is 1.16. The number of imidazole rings is 1. The monoisotopic (exact) mass is 300 g/mol. The molecule has 5 heteroatoms. The van der Waals surface area contributed by atoms with Crippen molar-refractivity contribution in [2.45, 2.75) is 50.7 Å². The molecule has 2 aromatic rings. The molecule has 0 saturated carbocycles. The SMILES string of the molecule is c1cnc2c(c1)nc(CC1CCCCO1)n2C1CCNCC1. The summed E-state index contributed by atoms with van der Waals surface area (Å²) in [6.45, 7) is 3.06. The molecule has 118 valence electrons. The number of fused-ring (bicyclic) bond motifs is 1. The fourth-order valence-corrected chi connectivity index (χ4v) is 3.74. The van der Waals surface area contributed by atoms with Gasteiger partial charge in [0.2, 0.25) is 0 Å². The molecule has 22 heavy (non-hydrogen) atoms. The molecule has 2 aliphatic heterocycles. The van der Waals surface area contributed by atoms with Crippen LogP contribution in [0.5, 0.6) is 0 Å². The highest BCUT2D eigenvalue weighted by Crippen LogP contribution is 2.27. The van der Waals surface area contributed by atoms with Crippen molar-refractivity contribution in [1.82, 2.24) is 19.9 Å². The highest BCUT2D eigenvalue weighted by molar-refractivity contribution is 5.71. The molecule has 1 atom stereocenters. The molecule has 2 saturated heterocycles. The second-order valence-electron chi connectivity index (χ2n) is 6.42. The third-order valence-electron chi connectivity index (χ3n) is 4.88. The summed E-state index contributed by atoms with van der Waals surface area (Å²) < 4.78 is 8.33. The van der Waals surface area contributed by atoms with Crippen molar-refractivity contribution >= 4 is 11.2 Å². The molecule has 0 bridgehead atoms. The van der Waals surface area contributed by atoms with Crippen LogP contribution in [0.1, 0.15) is 44.0 Å². The van der Waals surface area contributed by atoms with E-state index in [-0.39, 0.29) is 0 Å². The number of nitrogens with zero attached hydrogens (tertiary/aromatic N) is 3. The lowest BCUT2D eigenvalue weighted by Gasteiger charge is -2.27. The molecule has 5 nitrogen and oxygen atoms in total. The van der Waals surface area contributed by atoms with E-state index in [0.717, 1.165) is 62.4 Å². The largest absolute Gasteiger partial charge is 0.378 e. The maximum Gasteiger partial charge on any atom is 0.160 e. The smallest absolute Gasteiger partial charge is 0.160 e. The summed E-state index contributed by atoms with van der Waals surface area (Å²) in [7, 11) is 0. The molecule has 0 aliphatic carbocycles. The van der Waals surface area contributed by atoms with Crippen molar-refractivity contribution < 1.29 is 4.74 Å². The molecule has 4 rings (SSSR count). The van der Waals surface area contributed by atoms with Crippen LogP contribution in [0.15, 0.2) is 18.3 Å². The standard InChI is InChI=1S/C17H24N4O/c1-2-11-22-14(4-1)12-16-20-15-5-3-8-19-17(15)21(16)13-6-9-18-10-7-13/h3,5,8,13-14,18H,1-2,4,6-7,9-12H2. The molecule has 0 radical (unpaired) electrons. The number of rotatable bonds is 3. The fourth-order valence-electron chi connectivity index (χ4n) is 3.74. The van der Waals surface area contributed by atoms with E-state index in [1.54, 1.807) is 0 Å². The first kappa shape index (κ1) is 14.2. The maximum atomic E-state index is 5.93. The average Bonchev–Trinajstić information content (AvgIpc) is 2.94. The number of aromatic nitrogens is 3. The first-order valence-corrected chi connectivity index (χ1v) is 8.56. The molecular weight excluding hydrogens is 276 g/mol. The summed E-state index contributed by atoms with van der Waals surface area (Å²) in [6.07, 6.45) is 9.05. The molecule has 2 aliphatic rings. The molecule has 0 aromatic carbocycles. The number of pyridine rings is 1. The van der Waals surface area contributed by atoms with Crippen molar-refractivity contribution in [3.8, 4) is 0 Å². The summed E-state index contributed by atoms with van der Waals surface area (Å²) in [5, 5.41) is 3.45. The molecular formula is C17H24N4O. The number of hydrogen-bond acceptors (Lipinski definition) is 4. The third-order valence-corrected chi connectivity index (χ3v) is 4.88. The first-order chi connectivity index (χ1) is 10.9. The van der Waals surface area contributed by atoms with Crippen molar-refractivity contribution in [2.24, 2.45) is 0 Å². The van der Waals surface area contributed by atoms with Crippen LogP contribution in [0.4, 0.5) is 0 Å². The van der Waals surface area contributed by atoms with Gasteiger partial charge in [0.25, 0.3) is 0 Å². The van der Waals surface area contributed by atoms with Crippen LogP contribution in [0.2, 0.25) is 0 Å². The highest BCUT2D eigenvalue weighted by atomic mass is 16.5. The number of ether oxygens (including phenoxy) is 1. The normalized spacial score (nSPS) is 23.9. The minimum atomic E-state index is 0.325. The second kappa shape index (κ2) is 6.34. The quantitative estimate of drug-likeness (QED) is 0.946. The Balaban J connectivity index is 1.68. The van der Waals surface area contributed by atoms with Crippen LogP contribution in [-0.4, -0.2) is 40.3 Å². The summed E-state index contributed by atoms with van der Waals surface area (Å²) >= 11 is 0. The second-order valence-corrected chi connectivity index (χ2v) is 6.42. The fraction of sp³-hybridized carbons (Fsp3) is 0.647. The van der Waals surface area contributed by atoms with Gasteiger partial charge in [-0.15, -0.1) is 0 Å². The van der Waals surface area contributed by atoms with E-state index >= 15 is 0 Å². The Kier molecular flexibility index (Phi) is 4.08. The molecule has 1 unspecified atom stereocenters. The Morgan fingerprint density at radius 1 is 1.23 bits per heavy atom. The van der Waals surface area contributed by atoms with Crippen LogP contribution in [-0.2, 0) is 11.2 Å². The van der Waals surface area contributed by atoms with Gasteiger partial charge in [-0.2, -0.15) is 0 Å².